The lowest BCUT2D eigenvalue weighted by atomic mass is 9.72. The Morgan fingerprint density at radius 1 is 0.633 bits per heavy atom. The summed E-state index contributed by atoms with van der Waals surface area (Å²) in [7, 11) is 0. The van der Waals surface area contributed by atoms with Crippen LogP contribution in [0.3, 0.4) is 0 Å². The van der Waals surface area contributed by atoms with Gasteiger partial charge in [0.2, 0.25) is 0 Å². The highest BCUT2D eigenvalue weighted by molar-refractivity contribution is 5.86. The van der Waals surface area contributed by atoms with Gasteiger partial charge in [-0.05, 0) is 56.8 Å². The fraction of sp³-hybridized carbons (Fsp3) is 0.893. The smallest absolute Gasteiger partial charge is 0.331 e. The number of allylic oxidation sites excluding steroid dienone is 1. The molecule has 2 nitrogen and oxygen atoms in total. The molecule has 0 heterocycles. The van der Waals surface area contributed by atoms with E-state index in [-0.39, 0.29) is 0 Å². The highest BCUT2D eigenvalue weighted by atomic mass is 16.4. The second-order valence-corrected chi connectivity index (χ2v) is 9.61. The molecule has 0 radical (unpaired) electrons. The van der Waals surface area contributed by atoms with Crippen LogP contribution in [0.1, 0.15) is 156 Å². The summed E-state index contributed by atoms with van der Waals surface area (Å²) >= 11 is 0. The summed E-state index contributed by atoms with van der Waals surface area (Å²) in [4.78, 5) is 11.5. The Labute approximate surface area is 189 Å². The Morgan fingerprint density at radius 2 is 1.13 bits per heavy atom. The predicted octanol–water partition coefficient (Wildman–Crippen LogP) is 9.87. The van der Waals surface area contributed by atoms with E-state index in [2.05, 4.69) is 27.7 Å². The highest BCUT2D eigenvalue weighted by Crippen LogP contribution is 2.40. The third-order valence-corrected chi connectivity index (χ3v) is 6.72. The third kappa shape index (κ3) is 15.1. The normalized spacial score (nSPS) is 12.5. The van der Waals surface area contributed by atoms with Gasteiger partial charge in [-0.25, -0.2) is 4.79 Å². The first kappa shape index (κ1) is 29.2. The quantitative estimate of drug-likeness (QED) is 0.139. The van der Waals surface area contributed by atoms with Crippen molar-refractivity contribution in [3.63, 3.8) is 0 Å². The Hall–Kier alpha value is -0.790. The molecule has 2 heteroatoms. The summed E-state index contributed by atoms with van der Waals surface area (Å²) in [6, 6.07) is 0. The molecule has 0 aromatic heterocycles. The summed E-state index contributed by atoms with van der Waals surface area (Å²) in [6.45, 7) is 9.24. The Balaban J connectivity index is 4.03. The lowest BCUT2D eigenvalue weighted by molar-refractivity contribution is -0.132. The molecule has 0 aromatic carbocycles. The number of hydrogen-bond acceptors (Lipinski definition) is 1. The Bertz CT molecular complexity index is 407. The summed E-state index contributed by atoms with van der Waals surface area (Å²) in [5.41, 5.74) is 1.25. The molecule has 0 aliphatic heterocycles. The number of aliphatic carboxylic acids is 1. The van der Waals surface area contributed by atoms with E-state index in [0.717, 1.165) is 25.7 Å². The van der Waals surface area contributed by atoms with Crippen LogP contribution in [0.15, 0.2) is 11.6 Å². The fourth-order valence-electron chi connectivity index (χ4n) is 5.18. The SMILES string of the molecule is CCCCCCCCC(=CCCCCCCCC(CCC)(CCC)CCC)C(=O)O. The first-order chi connectivity index (χ1) is 14.5. The summed E-state index contributed by atoms with van der Waals surface area (Å²) < 4.78 is 0. The third-order valence-electron chi connectivity index (χ3n) is 6.72. The van der Waals surface area contributed by atoms with E-state index < -0.39 is 5.97 Å². The molecular weight excluding hydrogens is 368 g/mol. The van der Waals surface area contributed by atoms with Crippen LogP contribution in [0.25, 0.3) is 0 Å². The van der Waals surface area contributed by atoms with Gasteiger partial charge >= 0.3 is 5.97 Å². The molecule has 0 aliphatic carbocycles. The minimum absolute atomic E-state index is 0.605. The van der Waals surface area contributed by atoms with Crippen molar-refractivity contribution in [1.82, 2.24) is 0 Å². The largest absolute Gasteiger partial charge is 0.478 e. The van der Waals surface area contributed by atoms with Gasteiger partial charge in [-0.15, -0.1) is 0 Å². The van der Waals surface area contributed by atoms with E-state index in [9.17, 15) is 9.90 Å². The molecule has 0 saturated carbocycles. The van der Waals surface area contributed by atoms with E-state index >= 15 is 0 Å². The van der Waals surface area contributed by atoms with Crippen molar-refractivity contribution >= 4 is 5.97 Å². The Kier molecular flexibility index (Phi) is 19.6. The van der Waals surface area contributed by atoms with Crippen molar-refractivity contribution in [2.75, 3.05) is 0 Å². The molecule has 0 saturated heterocycles. The second kappa shape index (κ2) is 20.1. The zero-order valence-electron chi connectivity index (χ0n) is 21.1. The first-order valence-corrected chi connectivity index (χ1v) is 13.5. The van der Waals surface area contributed by atoms with E-state index in [0.29, 0.717) is 11.0 Å². The molecule has 0 fully saturated rings. The van der Waals surface area contributed by atoms with Gasteiger partial charge in [-0.3, -0.25) is 0 Å². The van der Waals surface area contributed by atoms with Gasteiger partial charge in [-0.1, -0.05) is 111 Å². The molecule has 0 aliphatic rings. The van der Waals surface area contributed by atoms with Gasteiger partial charge in [0.1, 0.15) is 0 Å². The maximum Gasteiger partial charge on any atom is 0.331 e. The molecule has 1 N–H and O–H groups in total. The van der Waals surface area contributed by atoms with E-state index in [1.165, 1.54) is 103 Å². The van der Waals surface area contributed by atoms with Crippen LogP contribution < -0.4 is 0 Å². The molecule has 0 rings (SSSR count). The highest BCUT2D eigenvalue weighted by Gasteiger charge is 2.26. The van der Waals surface area contributed by atoms with Crippen LogP contribution in [0.4, 0.5) is 0 Å². The lowest BCUT2D eigenvalue weighted by Gasteiger charge is -2.34. The summed E-state index contributed by atoms with van der Waals surface area (Å²) in [5.74, 6) is -0.706. The molecule has 30 heavy (non-hydrogen) atoms. The van der Waals surface area contributed by atoms with Gasteiger partial charge in [0, 0.05) is 5.57 Å². The van der Waals surface area contributed by atoms with Crippen LogP contribution >= 0.6 is 0 Å². The maximum atomic E-state index is 11.5. The minimum atomic E-state index is -0.706. The van der Waals surface area contributed by atoms with Crippen LogP contribution in [0.2, 0.25) is 0 Å². The van der Waals surface area contributed by atoms with Crippen molar-refractivity contribution in [3.05, 3.63) is 11.6 Å². The molecule has 0 bridgehead atoms. The van der Waals surface area contributed by atoms with Crippen molar-refractivity contribution in [3.8, 4) is 0 Å². The second-order valence-electron chi connectivity index (χ2n) is 9.61. The molecule has 178 valence electrons. The predicted molar refractivity (Wildman–Crippen MR) is 133 cm³/mol. The zero-order valence-corrected chi connectivity index (χ0v) is 21.1. The molecule has 0 unspecified atom stereocenters. The molecule has 0 aromatic rings. The number of unbranched alkanes of at least 4 members (excludes halogenated alkanes) is 10. The standard InChI is InChI=1S/C28H54O2/c1-5-9-10-11-14-17-20-26(27(29)30)21-18-15-12-13-16-19-25-28(22-6-2,23-7-3)24-8-4/h21H,5-20,22-25H2,1-4H3,(H,29,30). The van der Waals surface area contributed by atoms with Crippen molar-refractivity contribution in [2.45, 2.75) is 156 Å². The minimum Gasteiger partial charge on any atom is -0.478 e. The fourth-order valence-corrected chi connectivity index (χ4v) is 5.18. The number of carboxylic acid groups (broad SMARTS) is 1. The average molecular weight is 423 g/mol. The molecular formula is C28H54O2. The van der Waals surface area contributed by atoms with Crippen molar-refractivity contribution < 1.29 is 9.90 Å². The van der Waals surface area contributed by atoms with E-state index in [1.54, 1.807) is 0 Å². The number of carbonyl (C=O) groups is 1. The number of rotatable bonds is 22. The molecule has 0 atom stereocenters. The number of hydrogen-bond donors (Lipinski definition) is 1. The van der Waals surface area contributed by atoms with Gasteiger partial charge < -0.3 is 5.11 Å². The van der Waals surface area contributed by atoms with E-state index in [4.69, 9.17) is 0 Å². The monoisotopic (exact) mass is 422 g/mol. The first-order valence-electron chi connectivity index (χ1n) is 13.5. The Morgan fingerprint density at radius 3 is 1.67 bits per heavy atom. The van der Waals surface area contributed by atoms with Gasteiger partial charge in [0.25, 0.3) is 0 Å². The van der Waals surface area contributed by atoms with Gasteiger partial charge in [-0.2, -0.15) is 0 Å². The van der Waals surface area contributed by atoms with E-state index in [1.807, 2.05) is 6.08 Å². The van der Waals surface area contributed by atoms with Crippen LogP contribution in [-0.4, -0.2) is 11.1 Å². The number of carboxylic acids is 1. The van der Waals surface area contributed by atoms with Gasteiger partial charge in [0.15, 0.2) is 0 Å². The average Bonchev–Trinajstić information content (AvgIpc) is 2.71. The zero-order chi connectivity index (χ0) is 22.5. The van der Waals surface area contributed by atoms with Crippen LogP contribution in [0, 0.1) is 5.41 Å². The molecule has 0 amide bonds. The van der Waals surface area contributed by atoms with Crippen LogP contribution in [-0.2, 0) is 4.79 Å². The summed E-state index contributed by atoms with van der Waals surface area (Å²) in [5, 5.41) is 9.43. The molecule has 0 spiro atoms. The van der Waals surface area contributed by atoms with Crippen molar-refractivity contribution in [1.29, 1.82) is 0 Å². The maximum absolute atomic E-state index is 11.5. The van der Waals surface area contributed by atoms with Crippen LogP contribution in [0.5, 0.6) is 0 Å². The summed E-state index contributed by atoms with van der Waals surface area (Å²) in [6.07, 6.45) is 26.9. The topological polar surface area (TPSA) is 37.3 Å². The van der Waals surface area contributed by atoms with Gasteiger partial charge in [0.05, 0.1) is 0 Å². The van der Waals surface area contributed by atoms with Crippen molar-refractivity contribution in [2.24, 2.45) is 5.41 Å². The lowest BCUT2D eigenvalue weighted by Crippen LogP contribution is -2.20.